The van der Waals surface area contributed by atoms with E-state index in [1.807, 2.05) is 0 Å². The van der Waals surface area contributed by atoms with Gasteiger partial charge in [-0.25, -0.2) is 13.6 Å². The molecule has 30 heavy (non-hydrogen) atoms. The van der Waals surface area contributed by atoms with E-state index in [0.29, 0.717) is 10.6 Å². The van der Waals surface area contributed by atoms with Crippen LogP contribution in [-0.4, -0.2) is 45.1 Å². The van der Waals surface area contributed by atoms with E-state index < -0.39 is 29.9 Å². The highest BCUT2D eigenvalue weighted by Crippen LogP contribution is 2.36. The van der Waals surface area contributed by atoms with Crippen LogP contribution in [0.3, 0.4) is 0 Å². The quantitative estimate of drug-likeness (QED) is 0.723. The highest BCUT2D eigenvalue weighted by molar-refractivity contribution is 6.42. The maximum atomic E-state index is 13.8. The molecule has 1 aromatic carbocycles. The minimum Gasteiger partial charge on any atom is -0.351 e. The summed E-state index contributed by atoms with van der Waals surface area (Å²) in [6.45, 7) is 4.93. The maximum absolute atomic E-state index is 13.8. The molecule has 0 saturated heterocycles. The molecule has 0 saturated carbocycles. The molecule has 11 heteroatoms. The van der Waals surface area contributed by atoms with Crippen LogP contribution in [-0.2, 0) is 6.54 Å². The lowest BCUT2D eigenvalue weighted by molar-refractivity contribution is 0.0437. The second-order valence-corrected chi connectivity index (χ2v) is 8.88. The molecule has 1 atom stereocenters. The summed E-state index contributed by atoms with van der Waals surface area (Å²) in [6, 6.07) is 2.34. The summed E-state index contributed by atoms with van der Waals surface area (Å²) in [7, 11) is 0. The number of carbonyl (C=O) groups is 2. The third-order valence-electron chi connectivity index (χ3n) is 4.58. The van der Waals surface area contributed by atoms with Crippen molar-refractivity contribution >= 4 is 35.1 Å². The van der Waals surface area contributed by atoms with E-state index >= 15 is 0 Å². The highest BCUT2D eigenvalue weighted by atomic mass is 35.5. The first-order chi connectivity index (χ1) is 13.9. The maximum Gasteiger partial charge on any atom is 0.315 e. The first-order valence-electron chi connectivity index (χ1n) is 9.11. The Hall–Kier alpha value is -2.39. The summed E-state index contributed by atoms with van der Waals surface area (Å²) in [6.07, 6.45) is -2.83. The number of benzene rings is 1. The van der Waals surface area contributed by atoms with E-state index in [2.05, 4.69) is 10.4 Å². The van der Waals surface area contributed by atoms with E-state index in [4.69, 9.17) is 28.9 Å². The van der Waals surface area contributed by atoms with Crippen LogP contribution in [0.2, 0.25) is 10.0 Å². The van der Waals surface area contributed by atoms with Crippen molar-refractivity contribution in [2.24, 2.45) is 5.73 Å². The lowest BCUT2D eigenvalue weighted by Gasteiger charge is -2.32. The smallest absolute Gasteiger partial charge is 0.315 e. The van der Waals surface area contributed by atoms with Gasteiger partial charge in [-0.2, -0.15) is 5.10 Å². The van der Waals surface area contributed by atoms with Gasteiger partial charge in [0, 0.05) is 11.1 Å². The van der Waals surface area contributed by atoms with Crippen molar-refractivity contribution in [1.82, 2.24) is 20.0 Å². The molecule has 0 fully saturated rings. The van der Waals surface area contributed by atoms with Gasteiger partial charge in [-0.3, -0.25) is 9.48 Å². The van der Waals surface area contributed by atoms with Gasteiger partial charge in [0.1, 0.15) is 11.7 Å². The highest BCUT2D eigenvalue weighted by Gasteiger charge is 2.39. The van der Waals surface area contributed by atoms with Crippen molar-refractivity contribution < 1.29 is 18.4 Å². The predicted molar refractivity (Wildman–Crippen MR) is 110 cm³/mol. The fraction of sp³-hybridized carbons (Fsp3) is 0.421. The molecule has 162 valence electrons. The van der Waals surface area contributed by atoms with Gasteiger partial charge >= 0.3 is 6.03 Å². The number of carbonyl (C=O) groups excluding carboxylic acids is 2. The van der Waals surface area contributed by atoms with Gasteiger partial charge in [-0.05, 0) is 32.9 Å². The average Bonchev–Trinajstić information content (AvgIpc) is 3.01. The predicted octanol–water partition coefficient (Wildman–Crippen LogP) is 4.09. The number of aromatic nitrogens is 2. The summed E-state index contributed by atoms with van der Waals surface area (Å²) < 4.78 is 28.7. The Balaban J connectivity index is 2.24. The van der Waals surface area contributed by atoms with Gasteiger partial charge in [0.15, 0.2) is 0 Å². The van der Waals surface area contributed by atoms with Crippen molar-refractivity contribution in [2.45, 2.75) is 45.3 Å². The monoisotopic (exact) mass is 459 g/mol. The number of primary amides is 1. The van der Waals surface area contributed by atoms with Gasteiger partial charge < -0.3 is 16.0 Å². The zero-order chi connectivity index (χ0) is 22.4. The van der Waals surface area contributed by atoms with Crippen LogP contribution in [0.15, 0.2) is 18.2 Å². The van der Waals surface area contributed by atoms with Crippen LogP contribution in [0.5, 0.6) is 0 Å². The minimum absolute atomic E-state index is 0.0833. The molecule has 0 spiro atoms. The Bertz CT molecular complexity index is 1000. The Morgan fingerprint density at radius 1 is 1.27 bits per heavy atom. The Labute approximate surface area is 182 Å². The molecule has 3 rings (SSSR count). The molecule has 0 radical (unpaired) electrons. The summed E-state index contributed by atoms with van der Waals surface area (Å²) in [4.78, 5) is 26.0. The second-order valence-electron chi connectivity index (χ2n) is 8.07. The first-order valence-corrected chi connectivity index (χ1v) is 9.86. The number of halogens is 4. The summed E-state index contributed by atoms with van der Waals surface area (Å²) in [5, 5.41) is 7.69. The molecule has 1 aromatic heterocycles. The molecular weight excluding hydrogens is 439 g/mol. The molecule has 2 heterocycles. The third kappa shape index (κ3) is 4.37. The van der Waals surface area contributed by atoms with E-state index in [9.17, 15) is 18.4 Å². The lowest BCUT2D eigenvalue weighted by Crippen LogP contribution is -2.47. The molecule has 3 N–H and O–H groups in total. The van der Waals surface area contributed by atoms with Gasteiger partial charge in [-0.15, -0.1) is 0 Å². The van der Waals surface area contributed by atoms with Crippen LogP contribution < -0.4 is 11.1 Å². The van der Waals surface area contributed by atoms with Crippen LogP contribution >= 0.6 is 23.2 Å². The second kappa shape index (κ2) is 8.03. The Kier molecular flexibility index (Phi) is 5.97. The number of fused-ring (bicyclic) bond motifs is 1. The summed E-state index contributed by atoms with van der Waals surface area (Å²) in [5.74, 6) is -0.510. The van der Waals surface area contributed by atoms with Gasteiger partial charge in [-0.1, -0.05) is 29.3 Å². The zero-order valence-corrected chi connectivity index (χ0v) is 18.1. The Morgan fingerprint density at radius 2 is 1.93 bits per heavy atom. The van der Waals surface area contributed by atoms with E-state index in [1.165, 1.54) is 12.1 Å². The molecule has 0 bridgehead atoms. The number of nitrogens with one attached hydrogen (secondary N) is 1. The van der Waals surface area contributed by atoms with E-state index in [-0.39, 0.29) is 35.1 Å². The molecule has 1 unspecified atom stereocenters. The topological polar surface area (TPSA) is 93.2 Å². The normalized spacial score (nSPS) is 16.5. The van der Waals surface area contributed by atoms with Crippen LogP contribution in [0.4, 0.5) is 13.6 Å². The van der Waals surface area contributed by atoms with E-state index in [1.54, 1.807) is 26.8 Å². The number of nitrogens with zero attached hydrogens (tertiary/aromatic N) is 3. The molecule has 7 nitrogen and oxygen atoms in total. The zero-order valence-electron chi connectivity index (χ0n) is 16.5. The molecule has 3 amide bonds. The number of rotatable bonds is 3. The number of hydrogen-bond donors (Lipinski definition) is 2. The summed E-state index contributed by atoms with van der Waals surface area (Å²) in [5.41, 5.74) is 5.61. The van der Waals surface area contributed by atoms with Gasteiger partial charge in [0.05, 0.1) is 34.4 Å². The first kappa shape index (κ1) is 22.3. The van der Waals surface area contributed by atoms with Crippen molar-refractivity contribution in [3.63, 3.8) is 0 Å². The number of nitrogens with two attached hydrogens (primary N) is 1. The van der Waals surface area contributed by atoms with Crippen molar-refractivity contribution in [2.75, 3.05) is 6.54 Å². The molecule has 2 aromatic rings. The van der Waals surface area contributed by atoms with Crippen molar-refractivity contribution in [3.05, 3.63) is 39.5 Å². The van der Waals surface area contributed by atoms with Crippen LogP contribution in [0.1, 0.15) is 42.9 Å². The number of urea groups is 1. The standard InChI is InChI=1S/C19H21Cl2F2N5O2/c1-19(2,3)25-17(29)14-12-7-27(18(24)30)8-13(16(22)23)28(12)26-15(14)9-4-5-10(20)11(21)6-9/h4-6,13,16H,7-8H2,1-3H3,(H2,24,30)(H,25,29). The number of hydrogen-bond acceptors (Lipinski definition) is 3. The number of alkyl halides is 2. The van der Waals surface area contributed by atoms with Crippen LogP contribution in [0.25, 0.3) is 11.3 Å². The molecule has 1 aliphatic rings. The van der Waals surface area contributed by atoms with Crippen molar-refractivity contribution in [1.29, 1.82) is 0 Å². The van der Waals surface area contributed by atoms with Crippen molar-refractivity contribution in [3.8, 4) is 11.3 Å². The summed E-state index contributed by atoms with van der Waals surface area (Å²) >= 11 is 12.1. The fourth-order valence-electron chi connectivity index (χ4n) is 3.29. The number of amides is 3. The lowest BCUT2D eigenvalue weighted by atomic mass is 10.0. The minimum atomic E-state index is -2.83. The Morgan fingerprint density at radius 3 is 2.47 bits per heavy atom. The third-order valence-corrected chi connectivity index (χ3v) is 5.32. The molecular formula is C19H21Cl2F2N5O2. The van der Waals surface area contributed by atoms with Gasteiger partial charge in [0.25, 0.3) is 12.3 Å². The average molecular weight is 460 g/mol. The van der Waals surface area contributed by atoms with Crippen LogP contribution in [0, 0.1) is 0 Å². The SMILES string of the molecule is CC(C)(C)NC(=O)c1c(-c2ccc(Cl)c(Cl)c2)nn2c1CN(C(N)=O)CC2C(F)F. The molecule has 1 aliphatic heterocycles. The largest absolute Gasteiger partial charge is 0.351 e. The molecule has 0 aliphatic carbocycles. The van der Waals surface area contributed by atoms with E-state index in [0.717, 1.165) is 9.58 Å². The van der Waals surface area contributed by atoms with Gasteiger partial charge in [0.2, 0.25) is 0 Å². The fourth-order valence-corrected chi connectivity index (χ4v) is 3.58.